The molecule has 0 aliphatic heterocycles. The molecule has 196 valence electrons. The lowest BCUT2D eigenvalue weighted by Crippen LogP contribution is -2.26. The molecule has 0 saturated heterocycles. The van der Waals surface area contributed by atoms with Gasteiger partial charge in [0.25, 0.3) is 5.91 Å². The minimum Gasteiger partial charge on any atom is -0.496 e. The molecule has 0 atom stereocenters. The van der Waals surface area contributed by atoms with E-state index in [9.17, 15) is 4.79 Å². The lowest BCUT2D eigenvalue weighted by atomic mass is 10.1. The Morgan fingerprint density at radius 3 is 2.76 bits per heavy atom. The summed E-state index contributed by atoms with van der Waals surface area (Å²) >= 11 is 0. The van der Waals surface area contributed by atoms with E-state index in [1.807, 2.05) is 38.2 Å². The van der Waals surface area contributed by atoms with Crippen LogP contribution in [0.4, 0.5) is 15.9 Å². The molecule has 38 heavy (non-hydrogen) atoms. The fraction of sp³-hybridized carbons (Fsp3) is 0.286. The number of nitrogen functional groups attached to an aromatic ring is 1. The van der Waals surface area contributed by atoms with Crippen LogP contribution in [0.3, 0.4) is 0 Å². The summed E-state index contributed by atoms with van der Waals surface area (Å²) in [5.41, 5.74) is 9.02. The van der Waals surface area contributed by atoms with Gasteiger partial charge in [-0.25, -0.2) is 19.0 Å². The highest BCUT2D eigenvalue weighted by Crippen LogP contribution is 2.35. The third-order valence-corrected chi connectivity index (χ3v) is 6.88. The first kappa shape index (κ1) is 25.3. The van der Waals surface area contributed by atoms with Crippen LogP contribution in [0.5, 0.6) is 5.75 Å². The predicted octanol–water partition coefficient (Wildman–Crippen LogP) is 4.13. The van der Waals surface area contributed by atoms with Crippen LogP contribution in [-0.2, 0) is 4.79 Å². The Morgan fingerprint density at radius 2 is 2.03 bits per heavy atom. The minimum atomic E-state index is -0.610. The number of carbonyl (C=O) groups is 1. The van der Waals surface area contributed by atoms with Crippen molar-refractivity contribution >= 4 is 28.4 Å². The molecule has 0 unspecified atom stereocenters. The van der Waals surface area contributed by atoms with Crippen molar-refractivity contribution in [2.75, 3.05) is 38.4 Å². The summed E-state index contributed by atoms with van der Waals surface area (Å²) in [5, 5.41) is 5.20. The molecule has 1 aliphatic rings. The molecule has 2 heterocycles. The summed E-state index contributed by atoms with van der Waals surface area (Å²) in [6, 6.07) is 11.1. The number of ether oxygens (including phenoxy) is 1. The number of hydrogen-bond donors (Lipinski definition) is 1. The average Bonchev–Trinajstić information content (AvgIpc) is 3.70. The highest BCUT2D eigenvalue weighted by molar-refractivity contribution is 6.02. The van der Waals surface area contributed by atoms with Crippen LogP contribution in [-0.4, -0.2) is 64.3 Å². The second kappa shape index (κ2) is 10.2. The highest BCUT2D eigenvalue weighted by atomic mass is 19.1. The predicted molar refractivity (Wildman–Crippen MR) is 146 cm³/mol. The fourth-order valence-corrected chi connectivity index (χ4v) is 4.46. The molecule has 1 aliphatic carbocycles. The largest absolute Gasteiger partial charge is 0.496 e. The summed E-state index contributed by atoms with van der Waals surface area (Å²) in [6.07, 6.45) is 6.98. The van der Waals surface area contributed by atoms with E-state index in [2.05, 4.69) is 14.9 Å². The van der Waals surface area contributed by atoms with Gasteiger partial charge >= 0.3 is 0 Å². The molecule has 5 rings (SSSR count). The van der Waals surface area contributed by atoms with Crippen molar-refractivity contribution in [3.8, 4) is 22.7 Å². The van der Waals surface area contributed by atoms with Gasteiger partial charge in [0.05, 0.1) is 18.2 Å². The lowest BCUT2D eigenvalue weighted by Gasteiger charge is -2.18. The van der Waals surface area contributed by atoms with Gasteiger partial charge in [0.15, 0.2) is 11.5 Å². The van der Waals surface area contributed by atoms with Crippen molar-refractivity contribution < 1.29 is 13.9 Å². The molecule has 2 N–H and O–H groups in total. The number of anilines is 2. The van der Waals surface area contributed by atoms with Crippen LogP contribution in [0.1, 0.15) is 18.4 Å². The van der Waals surface area contributed by atoms with Gasteiger partial charge in [-0.3, -0.25) is 9.69 Å². The Kier molecular flexibility index (Phi) is 6.81. The summed E-state index contributed by atoms with van der Waals surface area (Å²) in [7, 11) is 5.18. The van der Waals surface area contributed by atoms with Crippen LogP contribution in [0, 0.1) is 12.7 Å². The molecule has 1 fully saturated rings. The maximum Gasteiger partial charge on any atom is 0.250 e. The van der Waals surface area contributed by atoms with Gasteiger partial charge in [-0.2, -0.15) is 5.10 Å². The van der Waals surface area contributed by atoms with E-state index in [1.165, 1.54) is 34.8 Å². The van der Waals surface area contributed by atoms with Gasteiger partial charge in [0.2, 0.25) is 0 Å². The Bertz CT molecular complexity index is 1540. The maximum absolute atomic E-state index is 16.0. The van der Waals surface area contributed by atoms with Gasteiger partial charge in [0.1, 0.15) is 29.3 Å². The first-order valence-electron chi connectivity index (χ1n) is 12.4. The Hall–Kier alpha value is -4.31. The number of aromatic nitrogens is 4. The Balaban J connectivity index is 1.53. The van der Waals surface area contributed by atoms with E-state index in [4.69, 9.17) is 15.6 Å². The van der Waals surface area contributed by atoms with E-state index in [1.54, 1.807) is 32.4 Å². The number of amides is 1. The van der Waals surface area contributed by atoms with E-state index in [0.29, 0.717) is 35.1 Å². The molecule has 0 radical (unpaired) electrons. The number of nitrogens with zero attached hydrogens (tertiary/aromatic N) is 6. The maximum atomic E-state index is 16.0. The monoisotopic (exact) mass is 515 g/mol. The van der Waals surface area contributed by atoms with Gasteiger partial charge in [-0.05, 0) is 50.6 Å². The zero-order valence-electron chi connectivity index (χ0n) is 21.8. The molecule has 1 saturated carbocycles. The molecular formula is C28H30FN7O2. The average molecular weight is 516 g/mol. The second-order valence-electron chi connectivity index (χ2n) is 9.48. The molecule has 1 amide bonds. The smallest absolute Gasteiger partial charge is 0.250 e. The van der Waals surface area contributed by atoms with Crippen molar-refractivity contribution in [1.82, 2.24) is 24.6 Å². The van der Waals surface area contributed by atoms with E-state index < -0.39 is 5.82 Å². The first-order chi connectivity index (χ1) is 18.3. The van der Waals surface area contributed by atoms with E-state index >= 15 is 4.39 Å². The number of fused-ring (bicyclic) bond motifs is 1. The number of nitrogens with two attached hydrogens (primary N) is 1. The number of halogens is 1. The van der Waals surface area contributed by atoms with Crippen molar-refractivity contribution in [2.24, 2.45) is 0 Å². The normalized spacial score (nSPS) is 13.5. The molecular weight excluding hydrogens is 485 g/mol. The van der Waals surface area contributed by atoms with Crippen molar-refractivity contribution in [3.63, 3.8) is 0 Å². The zero-order valence-corrected chi connectivity index (χ0v) is 21.8. The zero-order chi connectivity index (χ0) is 27.0. The summed E-state index contributed by atoms with van der Waals surface area (Å²) in [6.45, 7) is 2.61. The number of likely N-dealkylation sites (N-methyl/N-ethyl adjacent to an activating group) is 2. The fourth-order valence-electron chi connectivity index (χ4n) is 4.46. The summed E-state index contributed by atoms with van der Waals surface area (Å²) < 4.78 is 22.8. The van der Waals surface area contributed by atoms with Crippen LogP contribution >= 0.6 is 0 Å². The first-order valence-corrected chi connectivity index (χ1v) is 12.4. The van der Waals surface area contributed by atoms with Gasteiger partial charge in [-0.1, -0.05) is 24.3 Å². The SMILES string of the molecule is COc1cc(-c2nn(-c3cccc(N(C)C(=O)C=CCN(C)C4CC4)c3F)c3ncnc(N)c23)ccc1C. The third kappa shape index (κ3) is 4.70. The molecule has 4 aromatic rings. The van der Waals surface area contributed by atoms with E-state index in [0.717, 1.165) is 11.1 Å². The van der Waals surface area contributed by atoms with Crippen LogP contribution in [0.2, 0.25) is 0 Å². The second-order valence-corrected chi connectivity index (χ2v) is 9.48. The third-order valence-electron chi connectivity index (χ3n) is 6.88. The Morgan fingerprint density at radius 1 is 1.24 bits per heavy atom. The number of carbonyl (C=O) groups excluding carboxylic acids is 1. The molecule has 0 spiro atoms. The van der Waals surface area contributed by atoms with Crippen molar-refractivity contribution in [3.05, 3.63) is 66.3 Å². The number of rotatable bonds is 8. The summed E-state index contributed by atoms with van der Waals surface area (Å²) in [4.78, 5) is 24.8. The number of aryl methyl sites for hydroxylation is 1. The Labute approximate surface area is 220 Å². The number of hydrogen-bond acceptors (Lipinski definition) is 7. The highest BCUT2D eigenvalue weighted by Gasteiger charge is 2.25. The summed E-state index contributed by atoms with van der Waals surface area (Å²) in [5.74, 6) is -0.0256. The quantitative estimate of drug-likeness (QED) is 0.352. The van der Waals surface area contributed by atoms with Gasteiger partial charge in [0, 0.05) is 31.3 Å². The molecule has 2 aromatic carbocycles. The van der Waals surface area contributed by atoms with Crippen LogP contribution in [0.25, 0.3) is 28.0 Å². The van der Waals surface area contributed by atoms with Gasteiger partial charge in [-0.15, -0.1) is 0 Å². The van der Waals surface area contributed by atoms with Crippen LogP contribution in [0.15, 0.2) is 54.9 Å². The van der Waals surface area contributed by atoms with Crippen molar-refractivity contribution in [2.45, 2.75) is 25.8 Å². The van der Waals surface area contributed by atoms with Gasteiger partial charge < -0.3 is 15.4 Å². The molecule has 9 nitrogen and oxygen atoms in total. The molecule has 10 heteroatoms. The topological polar surface area (TPSA) is 102 Å². The molecule has 0 bridgehead atoms. The number of methoxy groups -OCH3 is 1. The van der Waals surface area contributed by atoms with Crippen molar-refractivity contribution in [1.29, 1.82) is 0 Å². The number of benzene rings is 2. The van der Waals surface area contributed by atoms with Crippen LogP contribution < -0.4 is 15.4 Å². The van der Waals surface area contributed by atoms with E-state index in [-0.39, 0.29) is 23.1 Å². The lowest BCUT2D eigenvalue weighted by molar-refractivity contribution is -0.113. The molecule has 2 aromatic heterocycles. The standard InChI is InChI=1S/C28H30FN7O2/c1-17-10-11-18(15-22(17)38-4)26-24-27(30)31-16-32-28(24)36(33-26)21-8-5-7-20(25(21)29)35(3)23(37)9-6-14-34(2)19-12-13-19/h5-11,15-16,19H,12-14H2,1-4H3,(H2,30,31,32). The minimum absolute atomic E-state index is 0.122.